The first-order valence-corrected chi connectivity index (χ1v) is 9.36. The number of ether oxygens (including phenoxy) is 1. The van der Waals surface area contributed by atoms with Gasteiger partial charge in [0.15, 0.2) is 17.4 Å². The molecule has 220 valence electrons. The van der Waals surface area contributed by atoms with Crippen LogP contribution in [0.15, 0.2) is 16.7 Å². The average Bonchev–Trinajstić information content (AvgIpc) is 2.72. The van der Waals surface area contributed by atoms with Crippen LogP contribution in [0.25, 0.3) is 0 Å². The van der Waals surface area contributed by atoms with Crippen LogP contribution >= 0.6 is 0 Å². The van der Waals surface area contributed by atoms with E-state index in [1.54, 1.807) is 0 Å². The molecule has 25 heteroatoms. The van der Waals surface area contributed by atoms with Crippen LogP contribution in [0.1, 0.15) is 0 Å². The molecule has 0 radical (unpaired) electrons. The first-order chi connectivity index (χ1) is 16.4. The summed E-state index contributed by atoms with van der Waals surface area (Å²) in [6.07, 6.45) is -7.86. The molecule has 1 aromatic rings. The van der Waals surface area contributed by atoms with Crippen LogP contribution in [0.2, 0.25) is 0 Å². The second kappa shape index (κ2) is 10.6. The molecule has 0 spiro atoms. The van der Waals surface area contributed by atoms with E-state index in [0.29, 0.717) is 0 Å². The van der Waals surface area contributed by atoms with Crippen molar-refractivity contribution < 1.29 is 131 Å². The third-order valence-corrected chi connectivity index (χ3v) is 4.87. The standard InChI is InChI=1S/C14HF19O4S.Na/c15-1-2(16)4(18)6(38(34,35)36)5(3(1)17)37-8(20)7(19)9(21,22)10(23,24)11(25,26)12(27,28)13(29,30)14(31,32)33;/h(H,34,35,36);/q;+1/p-1. The molecule has 0 aromatic heterocycles. The maximum atomic E-state index is 13.6. The topological polar surface area (TPSA) is 66.4 Å². The number of benzene rings is 1. The molecule has 4 nitrogen and oxygen atoms in total. The SMILES string of the molecule is O=S(=O)([O-])c1c(F)c(F)c(F)c(F)c1OC(F)=C(F)C(F)(F)C(F)(F)C(F)(F)C(F)(F)C(F)(F)C(F)(F)F.[Na+]. The molecule has 0 heterocycles. The molecular formula is C14F19NaO4S. The molecule has 0 saturated heterocycles. The number of hydrogen-bond donors (Lipinski definition) is 0. The second-order valence-electron chi connectivity index (χ2n) is 6.43. The molecular weight excluding hydrogens is 648 g/mol. The first kappa shape index (κ1) is 37.3. The van der Waals surface area contributed by atoms with Gasteiger partial charge in [0.1, 0.15) is 15.0 Å². The Kier molecular flexibility index (Phi) is 10.2. The van der Waals surface area contributed by atoms with Crippen molar-refractivity contribution in [3.8, 4) is 5.75 Å². The zero-order chi connectivity index (χ0) is 30.8. The summed E-state index contributed by atoms with van der Waals surface area (Å²) in [7, 11) is -6.79. The van der Waals surface area contributed by atoms with E-state index in [1.165, 1.54) is 0 Å². The van der Waals surface area contributed by atoms with Crippen LogP contribution in [0.5, 0.6) is 5.75 Å². The summed E-state index contributed by atoms with van der Waals surface area (Å²) in [5.41, 5.74) is 0. The van der Waals surface area contributed by atoms with Gasteiger partial charge in [0.05, 0.1) is 0 Å². The van der Waals surface area contributed by atoms with E-state index in [1.807, 2.05) is 0 Å². The van der Waals surface area contributed by atoms with E-state index < -0.39 is 91.7 Å². The second-order valence-corrected chi connectivity index (χ2v) is 7.74. The summed E-state index contributed by atoms with van der Waals surface area (Å²) < 4.78 is 284. The van der Waals surface area contributed by atoms with E-state index in [4.69, 9.17) is 0 Å². The predicted octanol–water partition coefficient (Wildman–Crippen LogP) is 3.38. The van der Waals surface area contributed by atoms with Crippen molar-refractivity contribution in [2.75, 3.05) is 0 Å². The summed E-state index contributed by atoms with van der Waals surface area (Å²) in [6, 6.07) is -4.45. The normalized spacial score (nSPS) is 15.1. The number of rotatable bonds is 8. The third kappa shape index (κ3) is 5.62. The Balaban J connectivity index is 0.0000144. The Hall–Kier alpha value is -1.66. The minimum Gasteiger partial charge on any atom is -0.744 e. The van der Waals surface area contributed by atoms with Crippen LogP contribution in [0.3, 0.4) is 0 Å². The van der Waals surface area contributed by atoms with E-state index in [9.17, 15) is 96.4 Å². The Labute approximate surface area is 222 Å². The van der Waals surface area contributed by atoms with Crippen molar-refractivity contribution in [3.05, 3.63) is 35.1 Å². The average molecular weight is 648 g/mol. The van der Waals surface area contributed by atoms with Crippen molar-refractivity contribution in [2.45, 2.75) is 40.7 Å². The van der Waals surface area contributed by atoms with Crippen molar-refractivity contribution >= 4 is 10.1 Å². The van der Waals surface area contributed by atoms with Crippen LogP contribution in [0.4, 0.5) is 83.4 Å². The fourth-order valence-electron chi connectivity index (χ4n) is 2.07. The predicted molar refractivity (Wildman–Crippen MR) is 74.9 cm³/mol. The molecule has 0 fully saturated rings. The molecule has 0 N–H and O–H groups in total. The fourth-order valence-corrected chi connectivity index (χ4v) is 2.74. The van der Waals surface area contributed by atoms with Crippen LogP contribution in [0, 0.1) is 23.3 Å². The van der Waals surface area contributed by atoms with Crippen molar-refractivity contribution in [3.63, 3.8) is 0 Å². The van der Waals surface area contributed by atoms with Gasteiger partial charge in [-0.2, -0.15) is 70.2 Å². The van der Waals surface area contributed by atoms with E-state index in [-0.39, 0.29) is 29.6 Å². The van der Waals surface area contributed by atoms with E-state index >= 15 is 0 Å². The summed E-state index contributed by atoms with van der Waals surface area (Å²) in [6.45, 7) is 0. The van der Waals surface area contributed by atoms with Gasteiger partial charge < -0.3 is 9.29 Å². The van der Waals surface area contributed by atoms with Gasteiger partial charge >= 0.3 is 71.4 Å². The number of hydrogen-bond acceptors (Lipinski definition) is 4. The van der Waals surface area contributed by atoms with Gasteiger partial charge in [-0.05, 0) is 0 Å². The molecule has 0 unspecified atom stereocenters. The zero-order valence-electron chi connectivity index (χ0n) is 17.2. The number of allylic oxidation sites excluding steroid dienone is 1. The maximum Gasteiger partial charge on any atom is 1.00 e. The molecule has 0 bridgehead atoms. The Morgan fingerprint density at radius 1 is 0.615 bits per heavy atom. The van der Waals surface area contributed by atoms with Gasteiger partial charge in [0.25, 0.3) is 0 Å². The molecule has 0 amide bonds. The van der Waals surface area contributed by atoms with Gasteiger partial charge in [0, 0.05) is 0 Å². The number of alkyl halides is 13. The monoisotopic (exact) mass is 648 g/mol. The van der Waals surface area contributed by atoms with Crippen LogP contribution < -0.4 is 34.3 Å². The Morgan fingerprint density at radius 2 is 0.974 bits per heavy atom. The zero-order valence-corrected chi connectivity index (χ0v) is 20.0. The van der Waals surface area contributed by atoms with Gasteiger partial charge in [-0.25, -0.2) is 21.6 Å². The van der Waals surface area contributed by atoms with Crippen LogP contribution in [-0.2, 0) is 10.1 Å². The molecule has 0 atom stereocenters. The Morgan fingerprint density at radius 3 is 1.33 bits per heavy atom. The van der Waals surface area contributed by atoms with Crippen molar-refractivity contribution in [2.24, 2.45) is 0 Å². The molecule has 1 aromatic carbocycles. The van der Waals surface area contributed by atoms with Gasteiger partial charge in [-0.1, -0.05) is 0 Å². The minimum atomic E-state index is -8.66. The molecule has 1 rings (SSSR count). The molecule has 0 aliphatic heterocycles. The quantitative estimate of drug-likeness (QED) is 0.108. The largest absolute Gasteiger partial charge is 1.00 e. The summed E-state index contributed by atoms with van der Waals surface area (Å²) >= 11 is 0. The summed E-state index contributed by atoms with van der Waals surface area (Å²) in [4.78, 5) is -3.24. The first-order valence-electron chi connectivity index (χ1n) is 7.95. The van der Waals surface area contributed by atoms with Gasteiger partial charge in [-0.15, -0.1) is 0 Å². The molecule has 0 aliphatic carbocycles. The minimum absolute atomic E-state index is 0. The molecule has 0 aliphatic rings. The Bertz CT molecular complexity index is 1250. The van der Waals surface area contributed by atoms with Gasteiger partial charge in [0.2, 0.25) is 17.5 Å². The third-order valence-electron chi connectivity index (χ3n) is 4.01. The van der Waals surface area contributed by atoms with E-state index in [2.05, 4.69) is 4.74 Å². The molecule has 0 saturated carbocycles. The van der Waals surface area contributed by atoms with Crippen LogP contribution in [-0.4, -0.2) is 48.8 Å². The fraction of sp³-hybridized carbons (Fsp3) is 0.429. The van der Waals surface area contributed by atoms with Gasteiger partial charge in [-0.3, -0.25) is 0 Å². The number of halogens is 19. The maximum absolute atomic E-state index is 13.6. The smallest absolute Gasteiger partial charge is 0.744 e. The van der Waals surface area contributed by atoms with Crippen molar-refractivity contribution in [1.29, 1.82) is 0 Å². The molecule has 39 heavy (non-hydrogen) atoms. The van der Waals surface area contributed by atoms with Crippen molar-refractivity contribution in [1.82, 2.24) is 0 Å². The summed E-state index contributed by atoms with van der Waals surface area (Å²) in [5.74, 6) is -63.7. The van der Waals surface area contributed by atoms with E-state index in [0.717, 1.165) is 0 Å². The summed E-state index contributed by atoms with van der Waals surface area (Å²) in [5, 5.41) is 0.